The Morgan fingerprint density at radius 1 is 1.08 bits per heavy atom. The van der Waals surface area contributed by atoms with Crippen molar-refractivity contribution in [3.63, 3.8) is 0 Å². The molecule has 0 rings (SSSR count). The molecule has 0 aliphatic carbocycles. The Morgan fingerprint density at radius 2 is 1.42 bits per heavy atom. The highest BCUT2D eigenvalue weighted by molar-refractivity contribution is 14.3. The summed E-state index contributed by atoms with van der Waals surface area (Å²) < 4.78 is 25.9. The molecule has 0 aliphatic rings. The number of hydrogen-bond acceptors (Lipinski definition) is 3. The van der Waals surface area contributed by atoms with Crippen LogP contribution < -0.4 is 0 Å². The highest BCUT2D eigenvalue weighted by atomic mass is 127. The lowest BCUT2D eigenvalue weighted by molar-refractivity contribution is 0.397. The maximum atomic E-state index is 11.4. The van der Waals surface area contributed by atoms with Crippen molar-refractivity contribution in [1.82, 2.24) is 0 Å². The average molecular weight is 754 g/mol. The van der Waals surface area contributed by atoms with E-state index in [1.54, 1.807) is 0 Å². The first-order valence-electron chi connectivity index (χ1n) is 2.31. The molecular formula is C3H3I5O3S. The molecule has 0 aromatic carbocycles. The third-order valence-electron chi connectivity index (χ3n) is 0.863. The van der Waals surface area contributed by atoms with Crippen LogP contribution in [-0.2, 0) is 14.3 Å². The van der Waals surface area contributed by atoms with Gasteiger partial charge in [-0.2, -0.15) is 8.42 Å². The summed E-state index contributed by atoms with van der Waals surface area (Å²) in [6.07, 6.45) is 0. The first kappa shape index (κ1) is 15.6. The van der Waals surface area contributed by atoms with Gasteiger partial charge in [0.2, 0.25) is 0.760 Å². The Kier molecular flexibility index (Phi) is 6.82. The summed E-state index contributed by atoms with van der Waals surface area (Å²) in [5, 5.41) is 0. The van der Waals surface area contributed by atoms with Gasteiger partial charge in [-0.25, -0.2) is 0 Å². The monoisotopic (exact) mass is 754 g/mol. The van der Waals surface area contributed by atoms with E-state index in [-0.39, 0.29) is 0 Å². The van der Waals surface area contributed by atoms with Crippen LogP contribution in [0.2, 0.25) is 0 Å². The SMILES string of the molecule is COS(=O)(=O)C(I)(I)C(I)(I)I. The third kappa shape index (κ3) is 3.55. The van der Waals surface area contributed by atoms with Crippen LogP contribution in [0, 0.1) is 0 Å². The molecule has 0 saturated carbocycles. The maximum Gasteiger partial charge on any atom is 0.294 e. The minimum Gasteiger partial charge on any atom is -0.272 e. The lowest BCUT2D eigenvalue weighted by Crippen LogP contribution is -2.37. The van der Waals surface area contributed by atoms with Crippen molar-refractivity contribution in [3.8, 4) is 0 Å². The Bertz CT molecular complexity index is 252. The van der Waals surface area contributed by atoms with Crippen molar-refractivity contribution < 1.29 is 12.6 Å². The van der Waals surface area contributed by atoms with E-state index in [0.717, 1.165) is 0 Å². The number of halogens is 5. The molecule has 0 radical (unpaired) electrons. The van der Waals surface area contributed by atoms with Gasteiger partial charge in [-0.05, 0) is 45.2 Å². The lowest BCUT2D eigenvalue weighted by Gasteiger charge is -2.27. The zero-order valence-electron chi connectivity index (χ0n) is 5.52. The van der Waals surface area contributed by atoms with Gasteiger partial charge < -0.3 is 0 Å². The van der Waals surface area contributed by atoms with Gasteiger partial charge in [-0.1, -0.05) is 67.8 Å². The molecule has 0 aromatic rings. The van der Waals surface area contributed by atoms with Gasteiger partial charge in [0, 0.05) is 0 Å². The molecule has 0 unspecified atom stereocenters. The van der Waals surface area contributed by atoms with E-state index in [1.807, 2.05) is 45.2 Å². The van der Waals surface area contributed by atoms with Crippen LogP contribution >= 0.6 is 113 Å². The molecule has 0 spiro atoms. The van der Waals surface area contributed by atoms with E-state index in [1.165, 1.54) is 7.11 Å². The third-order valence-corrected chi connectivity index (χ3v) is 16.8. The molecular weight excluding hydrogens is 751 g/mol. The summed E-state index contributed by atoms with van der Waals surface area (Å²) in [4.78, 5) is 0. The van der Waals surface area contributed by atoms with Crippen LogP contribution in [0.15, 0.2) is 0 Å². The fourth-order valence-corrected chi connectivity index (χ4v) is 4.25. The van der Waals surface area contributed by atoms with E-state index in [0.29, 0.717) is 0 Å². The molecule has 0 N–H and O–H groups in total. The fourth-order valence-electron chi connectivity index (χ4n) is 0.246. The Balaban J connectivity index is 5.14. The molecule has 3 nitrogen and oxygen atoms in total. The number of hydrogen-bond donors (Lipinski definition) is 0. The van der Waals surface area contributed by atoms with E-state index >= 15 is 0 Å². The minimum atomic E-state index is -3.50. The van der Waals surface area contributed by atoms with Crippen molar-refractivity contribution in [3.05, 3.63) is 0 Å². The topological polar surface area (TPSA) is 43.4 Å². The summed E-state index contributed by atoms with van der Waals surface area (Å²) in [6, 6.07) is 0. The smallest absolute Gasteiger partial charge is 0.272 e. The molecule has 0 amide bonds. The summed E-state index contributed by atoms with van der Waals surface area (Å²) in [6.45, 7) is 0. The second-order valence-corrected chi connectivity index (χ2v) is 21.3. The second kappa shape index (κ2) is 5.26. The van der Waals surface area contributed by atoms with E-state index in [4.69, 9.17) is 0 Å². The van der Waals surface area contributed by atoms with Gasteiger partial charge in [-0.15, -0.1) is 0 Å². The lowest BCUT2D eigenvalue weighted by atomic mass is 11.0. The van der Waals surface area contributed by atoms with Gasteiger partial charge >= 0.3 is 0 Å². The molecule has 0 heterocycles. The molecule has 0 saturated heterocycles. The summed E-state index contributed by atoms with van der Waals surface area (Å²) in [5.74, 6) is 0. The van der Waals surface area contributed by atoms with Crippen LogP contribution in [0.1, 0.15) is 0 Å². The molecule has 0 atom stereocenters. The highest BCUT2D eigenvalue weighted by Gasteiger charge is 2.53. The van der Waals surface area contributed by atoms with Gasteiger partial charge in [0.25, 0.3) is 10.1 Å². The minimum absolute atomic E-state index is 0.448. The van der Waals surface area contributed by atoms with Gasteiger partial charge in [0.15, 0.2) is -0.565 Å². The molecule has 0 aliphatic heterocycles. The normalized spacial score (nSPS) is 14.8. The predicted octanol–water partition coefficient (Wildman–Crippen LogP) is 3.45. The van der Waals surface area contributed by atoms with E-state index < -0.39 is 10.3 Å². The van der Waals surface area contributed by atoms with Crippen LogP contribution in [0.25, 0.3) is 0 Å². The van der Waals surface area contributed by atoms with Gasteiger partial charge in [-0.3, -0.25) is 4.18 Å². The van der Waals surface area contributed by atoms with E-state index in [2.05, 4.69) is 72.0 Å². The number of alkyl halides is 5. The Hall–Kier alpha value is 3.56. The zero-order chi connectivity index (χ0) is 10.2. The Morgan fingerprint density at radius 3 is 1.50 bits per heavy atom. The number of rotatable bonds is 3. The zero-order valence-corrected chi connectivity index (χ0v) is 17.1. The van der Waals surface area contributed by atoms with Crippen molar-refractivity contribution in [2.24, 2.45) is 0 Å². The molecule has 9 heteroatoms. The Labute approximate surface area is 140 Å². The molecule has 74 valence electrons. The van der Waals surface area contributed by atoms with Crippen LogP contribution in [-0.4, -0.2) is 15.7 Å². The molecule has 12 heavy (non-hydrogen) atoms. The molecule has 0 aromatic heterocycles. The maximum absolute atomic E-state index is 11.4. The van der Waals surface area contributed by atoms with E-state index in [9.17, 15) is 8.42 Å². The van der Waals surface area contributed by atoms with Crippen LogP contribution in [0.4, 0.5) is 0 Å². The summed E-state index contributed by atoms with van der Waals surface area (Å²) >= 11 is 9.95. The predicted molar refractivity (Wildman–Crippen MR) is 91.5 cm³/mol. The first-order chi connectivity index (χ1) is 5.06. The van der Waals surface area contributed by atoms with Crippen molar-refractivity contribution in [2.45, 2.75) is 0.196 Å². The van der Waals surface area contributed by atoms with Crippen molar-refractivity contribution >= 4 is 123 Å². The average Bonchev–Trinajstić information content (AvgIpc) is 1.85. The van der Waals surface area contributed by atoms with Crippen LogP contribution in [0.3, 0.4) is 0 Å². The fraction of sp³-hybridized carbons (Fsp3) is 1.00. The van der Waals surface area contributed by atoms with Gasteiger partial charge in [0.05, 0.1) is 7.11 Å². The largest absolute Gasteiger partial charge is 0.294 e. The first-order valence-corrected chi connectivity index (χ1v) is 9.11. The van der Waals surface area contributed by atoms with Crippen LogP contribution in [0.5, 0.6) is 0 Å². The van der Waals surface area contributed by atoms with Crippen molar-refractivity contribution in [2.75, 3.05) is 7.11 Å². The quantitative estimate of drug-likeness (QED) is 0.252. The van der Waals surface area contributed by atoms with Gasteiger partial charge in [0.1, 0.15) is 0 Å². The second-order valence-electron chi connectivity index (χ2n) is 1.64. The standard InChI is InChI=1S/C3H3I5O3S/c1-11-12(9,10)3(7,8)2(4,5)6/h1H3. The highest BCUT2D eigenvalue weighted by Crippen LogP contribution is 2.57. The molecule has 0 bridgehead atoms. The van der Waals surface area contributed by atoms with Crippen molar-refractivity contribution in [1.29, 1.82) is 0 Å². The summed E-state index contributed by atoms with van der Waals surface area (Å²) in [7, 11) is -2.33. The summed E-state index contributed by atoms with van der Waals surface area (Å²) in [5.41, 5.74) is 0. The molecule has 0 fully saturated rings.